The maximum Gasteiger partial charge on any atom is 0.255 e. The molecule has 0 radical (unpaired) electrons. The number of hydrogen-bond acceptors (Lipinski definition) is 2. The molecule has 3 nitrogen and oxygen atoms in total. The van der Waals surface area contributed by atoms with E-state index in [9.17, 15) is 9.59 Å². The SMILES string of the molecule is C=C/C(Cl)=C\C=C(/CC)NC(=O)c1cc(C(=O)CC)ccc1C. The molecule has 0 saturated heterocycles. The van der Waals surface area contributed by atoms with Crippen molar-refractivity contribution in [2.75, 3.05) is 0 Å². The van der Waals surface area contributed by atoms with Crippen LogP contribution < -0.4 is 5.32 Å². The number of allylic oxidation sites excluding steroid dienone is 5. The van der Waals surface area contributed by atoms with E-state index in [1.54, 1.807) is 37.3 Å². The normalized spacial score (nSPS) is 12.0. The average molecular weight is 332 g/mol. The molecule has 1 amide bonds. The van der Waals surface area contributed by atoms with Crippen LogP contribution in [-0.4, -0.2) is 11.7 Å². The Hall–Kier alpha value is -2.13. The van der Waals surface area contributed by atoms with Crippen LogP contribution >= 0.6 is 11.6 Å². The summed E-state index contributed by atoms with van der Waals surface area (Å²) in [5.41, 5.74) is 2.62. The molecule has 0 aliphatic heterocycles. The van der Waals surface area contributed by atoms with Gasteiger partial charge in [0.15, 0.2) is 5.78 Å². The van der Waals surface area contributed by atoms with Gasteiger partial charge in [-0.15, -0.1) is 0 Å². The fourth-order valence-electron chi connectivity index (χ4n) is 1.95. The lowest BCUT2D eigenvalue weighted by Crippen LogP contribution is -2.23. The Balaban J connectivity index is 3.05. The fourth-order valence-corrected chi connectivity index (χ4v) is 2.02. The maximum absolute atomic E-state index is 12.5. The highest BCUT2D eigenvalue weighted by atomic mass is 35.5. The minimum absolute atomic E-state index is 0.0194. The van der Waals surface area contributed by atoms with E-state index in [1.165, 1.54) is 6.08 Å². The quantitative estimate of drug-likeness (QED) is 0.569. The Morgan fingerprint density at radius 1 is 1.22 bits per heavy atom. The Labute approximate surface area is 142 Å². The van der Waals surface area contributed by atoms with Crippen LogP contribution in [0.1, 0.15) is 53.0 Å². The van der Waals surface area contributed by atoms with E-state index in [0.29, 0.717) is 29.0 Å². The second kappa shape index (κ2) is 9.11. The Morgan fingerprint density at radius 3 is 2.48 bits per heavy atom. The molecule has 0 unspecified atom stereocenters. The van der Waals surface area contributed by atoms with Gasteiger partial charge < -0.3 is 5.32 Å². The summed E-state index contributed by atoms with van der Waals surface area (Å²) in [5, 5.41) is 3.36. The topological polar surface area (TPSA) is 46.2 Å². The first-order chi connectivity index (χ1) is 10.9. The van der Waals surface area contributed by atoms with Crippen molar-refractivity contribution >= 4 is 23.3 Å². The maximum atomic E-state index is 12.5. The van der Waals surface area contributed by atoms with Crippen LogP contribution in [0.15, 0.2) is 53.7 Å². The summed E-state index contributed by atoms with van der Waals surface area (Å²) in [7, 11) is 0. The Morgan fingerprint density at radius 2 is 1.91 bits per heavy atom. The van der Waals surface area contributed by atoms with Crippen molar-refractivity contribution in [2.45, 2.75) is 33.6 Å². The van der Waals surface area contributed by atoms with E-state index >= 15 is 0 Å². The first-order valence-electron chi connectivity index (χ1n) is 7.56. The van der Waals surface area contributed by atoms with Gasteiger partial charge in [-0.3, -0.25) is 9.59 Å². The number of halogens is 1. The van der Waals surface area contributed by atoms with Crippen molar-refractivity contribution in [2.24, 2.45) is 0 Å². The van der Waals surface area contributed by atoms with Gasteiger partial charge in [-0.05, 0) is 37.1 Å². The summed E-state index contributed by atoms with van der Waals surface area (Å²) in [4.78, 5) is 24.3. The highest BCUT2D eigenvalue weighted by Crippen LogP contribution is 2.14. The van der Waals surface area contributed by atoms with Crippen LogP contribution in [0.4, 0.5) is 0 Å². The predicted octanol–water partition coefficient (Wildman–Crippen LogP) is 4.92. The lowest BCUT2D eigenvalue weighted by atomic mass is 10.0. The second-order valence-electron chi connectivity index (χ2n) is 5.06. The largest absolute Gasteiger partial charge is 0.326 e. The predicted molar refractivity (Wildman–Crippen MR) is 95.8 cm³/mol. The van der Waals surface area contributed by atoms with Crippen LogP contribution in [0.3, 0.4) is 0 Å². The van der Waals surface area contributed by atoms with Gasteiger partial charge >= 0.3 is 0 Å². The third-order valence-electron chi connectivity index (χ3n) is 3.42. The van der Waals surface area contributed by atoms with Crippen LogP contribution in [-0.2, 0) is 0 Å². The highest BCUT2D eigenvalue weighted by molar-refractivity contribution is 6.31. The Bertz CT molecular complexity index is 672. The van der Waals surface area contributed by atoms with Crippen molar-refractivity contribution in [3.05, 3.63) is 70.4 Å². The van der Waals surface area contributed by atoms with Crippen molar-refractivity contribution in [3.63, 3.8) is 0 Å². The number of Topliss-reactive ketones (excluding diaryl/α,β-unsaturated/α-hetero) is 1. The van der Waals surface area contributed by atoms with Gasteiger partial charge in [-0.1, -0.05) is 50.2 Å². The summed E-state index contributed by atoms with van der Waals surface area (Å²) < 4.78 is 0. The molecule has 4 heteroatoms. The van der Waals surface area contributed by atoms with Crippen LogP contribution in [0.25, 0.3) is 0 Å². The first kappa shape index (κ1) is 18.9. The number of carbonyl (C=O) groups is 2. The molecule has 1 aromatic carbocycles. The van der Waals surface area contributed by atoms with Gasteiger partial charge in [0, 0.05) is 28.3 Å². The second-order valence-corrected chi connectivity index (χ2v) is 5.50. The molecule has 0 saturated carbocycles. The molecule has 1 N–H and O–H groups in total. The number of nitrogens with one attached hydrogen (secondary N) is 1. The van der Waals surface area contributed by atoms with Crippen molar-refractivity contribution < 1.29 is 9.59 Å². The summed E-state index contributed by atoms with van der Waals surface area (Å²) in [6.45, 7) is 9.15. The first-order valence-corrected chi connectivity index (χ1v) is 7.94. The molecular formula is C19H22ClNO2. The van der Waals surface area contributed by atoms with Gasteiger partial charge in [0.25, 0.3) is 5.91 Å². The molecule has 0 bridgehead atoms. The van der Waals surface area contributed by atoms with E-state index in [-0.39, 0.29) is 11.7 Å². The number of rotatable bonds is 7. The molecule has 0 heterocycles. The van der Waals surface area contributed by atoms with Crippen LogP contribution in [0, 0.1) is 6.92 Å². The van der Waals surface area contributed by atoms with Gasteiger partial charge in [0.1, 0.15) is 0 Å². The standard InChI is InChI=1S/C19H22ClNO2/c1-5-15(20)10-11-16(6-2)21-19(23)17-12-14(18(22)7-3)9-8-13(17)4/h5,8-12H,1,6-7H2,2-4H3,(H,21,23)/b15-10+,16-11+. The van der Waals surface area contributed by atoms with Crippen LogP contribution in [0.5, 0.6) is 0 Å². The van der Waals surface area contributed by atoms with Gasteiger partial charge in [-0.2, -0.15) is 0 Å². The molecule has 0 aliphatic rings. The number of aryl methyl sites for hydroxylation is 1. The van der Waals surface area contributed by atoms with E-state index < -0.39 is 0 Å². The van der Waals surface area contributed by atoms with Gasteiger partial charge in [0.05, 0.1) is 0 Å². The molecular weight excluding hydrogens is 310 g/mol. The van der Waals surface area contributed by atoms with Crippen molar-refractivity contribution in [1.29, 1.82) is 0 Å². The number of amides is 1. The zero-order valence-electron chi connectivity index (χ0n) is 13.8. The number of carbonyl (C=O) groups excluding carboxylic acids is 2. The molecule has 1 aromatic rings. The average Bonchev–Trinajstić information content (AvgIpc) is 2.57. The van der Waals surface area contributed by atoms with E-state index in [1.807, 2.05) is 13.8 Å². The number of benzene rings is 1. The number of ketones is 1. The summed E-state index contributed by atoms with van der Waals surface area (Å²) in [5.74, 6) is -0.213. The van der Waals surface area contributed by atoms with E-state index in [4.69, 9.17) is 11.6 Å². The van der Waals surface area contributed by atoms with Crippen molar-refractivity contribution in [1.82, 2.24) is 5.32 Å². The summed E-state index contributed by atoms with van der Waals surface area (Å²) in [6, 6.07) is 5.19. The van der Waals surface area contributed by atoms with E-state index in [2.05, 4.69) is 11.9 Å². The molecule has 0 fully saturated rings. The molecule has 122 valence electrons. The number of hydrogen-bond donors (Lipinski definition) is 1. The molecule has 1 rings (SSSR count). The zero-order valence-corrected chi connectivity index (χ0v) is 14.5. The summed E-state index contributed by atoms with van der Waals surface area (Å²) in [6.07, 6.45) is 6.01. The molecule has 23 heavy (non-hydrogen) atoms. The molecule has 0 aromatic heterocycles. The fraction of sp³-hybridized carbons (Fsp3) is 0.263. The van der Waals surface area contributed by atoms with Crippen molar-refractivity contribution in [3.8, 4) is 0 Å². The molecule has 0 atom stereocenters. The molecule has 0 aliphatic carbocycles. The van der Waals surface area contributed by atoms with E-state index in [0.717, 1.165) is 11.3 Å². The Kier molecular flexibility index (Phi) is 7.49. The lowest BCUT2D eigenvalue weighted by Gasteiger charge is -2.11. The highest BCUT2D eigenvalue weighted by Gasteiger charge is 2.13. The minimum atomic E-state index is -0.232. The zero-order chi connectivity index (χ0) is 17.4. The lowest BCUT2D eigenvalue weighted by molar-refractivity contribution is 0.0964. The monoisotopic (exact) mass is 331 g/mol. The smallest absolute Gasteiger partial charge is 0.255 e. The third kappa shape index (κ3) is 5.53. The van der Waals surface area contributed by atoms with Crippen LogP contribution in [0.2, 0.25) is 0 Å². The minimum Gasteiger partial charge on any atom is -0.326 e. The van der Waals surface area contributed by atoms with Gasteiger partial charge in [0.2, 0.25) is 0 Å². The van der Waals surface area contributed by atoms with Gasteiger partial charge in [-0.25, -0.2) is 0 Å². The third-order valence-corrected chi connectivity index (χ3v) is 3.70. The molecule has 0 spiro atoms. The summed E-state index contributed by atoms with van der Waals surface area (Å²) >= 11 is 5.86.